The van der Waals surface area contributed by atoms with E-state index >= 15 is 0 Å². The molecule has 0 aliphatic carbocycles. The highest BCUT2D eigenvalue weighted by Crippen LogP contribution is 2.23. The molecule has 0 rings (SSSR count). The third kappa shape index (κ3) is 11.1. The predicted molar refractivity (Wildman–Crippen MR) is 103 cm³/mol. The maximum atomic E-state index is 4.16. The fourth-order valence-electron chi connectivity index (χ4n) is 2.50. The van der Waals surface area contributed by atoms with Crippen molar-refractivity contribution in [2.75, 3.05) is 0 Å². The number of hydrogen-bond donors (Lipinski definition) is 0. The second kappa shape index (κ2) is 14.4. The first-order valence-corrected chi connectivity index (χ1v) is 8.47. The molecule has 0 heteroatoms. The zero-order chi connectivity index (χ0) is 16.6. The molecule has 0 nitrogen and oxygen atoms in total. The van der Waals surface area contributed by atoms with Crippen molar-refractivity contribution in [3.05, 3.63) is 74.6 Å². The zero-order valence-corrected chi connectivity index (χ0v) is 14.4. The van der Waals surface area contributed by atoms with Crippen molar-refractivity contribution in [2.24, 2.45) is 0 Å². The van der Waals surface area contributed by atoms with Crippen LogP contribution in [0.5, 0.6) is 0 Å². The molecule has 0 saturated carbocycles. The summed E-state index contributed by atoms with van der Waals surface area (Å²) in [7, 11) is 0. The number of rotatable bonds is 15. The van der Waals surface area contributed by atoms with Crippen molar-refractivity contribution in [3.63, 3.8) is 0 Å². The zero-order valence-electron chi connectivity index (χ0n) is 14.4. The first-order chi connectivity index (χ1) is 10.7. The Morgan fingerprint density at radius 3 is 2.14 bits per heavy atom. The highest BCUT2D eigenvalue weighted by Gasteiger charge is 2.15. The molecule has 0 aliphatic heterocycles. The van der Waals surface area contributed by atoms with Crippen LogP contribution in [0, 0.1) is 12.8 Å². The third-order valence-electron chi connectivity index (χ3n) is 3.76. The smallest absolute Gasteiger partial charge is 0.103 e. The van der Waals surface area contributed by atoms with Crippen molar-refractivity contribution < 1.29 is 0 Å². The van der Waals surface area contributed by atoms with Gasteiger partial charge in [0, 0.05) is 0 Å². The molecule has 0 atom stereocenters. The van der Waals surface area contributed by atoms with Gasteiger partial charge in [0.2, 0.25) is 0 Å². The summed E-state index contributed by atoms with van der Waals surface area (Å²) in [5.41, 5.74) is 2.80. The molecular weight excluding hydrogens is 264 g/mol. The standard InChI is InChI=1S/C22H34/c1-6-10-15-20(5)18-19-22(14-9-4)17-11-16-21(12-7-2)13-8-3/h7-9,19H,1-6,10-18H2/q+2. The highest BCUT2D eigenvalue weighted by molar-refractivity contribution is 5.12. The molecule has 120 valence electrons. The Morgan fingerprint density at radius 1 is 0.909 bits per heavy atom. The average molecular weight is 299 g/mol. The normalized spacial score (nSPS) is 11.0. The van der Waals surface area contributed by atoms with Crippen LogP contribution in [0.2, 0.25) is 0 Å². The quantitative estimate of drug-likeness (QED) is 0.219. The van der Waals surface area contributed by atoms with Crippen LogP contribution in [-0.4, -0.2) is 0 Å². The molecule has 0 aromatic carbocycles. The lowest BCUT2D eigenvalue weighted by Crippen LogP contribution is -1.96. The van der Waals surface area contributed by atoms with Crippen LogP contribution in [0.4, 0.5) is 0 Å². The van der Waals surface area contributed by atoms with Gasteiger partial charge in [0.15, 0.2) is 0 Å². The average Bonchev–Trinajstić information content (AvgIpc) is 2.51. The van der Waals surface area contributed by atoms with E-state index in [2.05, 4.69) is 39.3 Å². The van der Waals surface area contributed by atoms with E-state index in [4.69, 9.17) is 0 Å². The largest absolute Gasteiger partial charge is 0.108 e. The van der Waals surface area contributed by atoms with E-state index in [-0.39, 0.29) is 0 Å². The van der Waals surface area contributed by atoms with Crippen LogP contribution in [0.3, 0.4) is 0 Å². The molecule has 0 unspecified atom stereocenters. The van der Waals surface area contributed by atoms with Gasteiger partial charge in [-0.1, -0.05) is 43.0 Å². The van der Waals surface area contributed by atoms with Gasteiger partial charge in [-0.15, -0.1) is 6.58 Å². The molecular formula is C22H34+2. The number of hydrogen-bond acceptors (Lipinski definition) is 0. The van der Waals surface area contributed by atoms with Gasteiger partial charge in [0.25, 0.3) is 0 Å². The second-order valence-corrected chi connectivity index (χ2v) is 5.86. The van der Waals surface area contributed by atoms with Crippen molar-refractivity contribution in [3.8, 4) is 0 Å². The summed E-state index contributed by atoms with van der Waals surface area (Å²) in [4.78, 5) is 0. The predicted octanol–water partition coefficient (Wildman–Crippen LogP) is 7.34. The highest BCUT2D eigenvalue weighted by atomic mass is 14.1. The van der Waals surface area contributed by atoms with Crippen LogP contribution in [0.15, 0.2) is 61.8 Å². The van der Waals surface area contributed by atoms with E-state index in [0.717, 1.165) is 57.8 Å². The Kier molecular flexibility index (Phi) is 13.4. The summed E-state index contributed by atoms with van der Waals surface area (Å²) >= 11 is 0. The van der Waals surface area contributed by atoms with Gasteiger partial charge in [0.1, 0.15) is 12.8 Å². The summed E-state index contributed by atoms with van der Waals surface area (Å²) in [6, 6.07) is 0. The minimum atomic E-state index is 0.987. The van der Waals surface area contributed by atoms with Gasteiger partial charge in [-0.3, -0.25) is 0 Å². The molecule has 0 bridgehead atoms. The molecule has 0 saturated heterocycles. The Labute approximate surface area is 139 Å². The molecule has 0 radical (unpaired) electrons. The molecule has 0 amide bonds. The summed E-state index contributed by atoms with van der Waals surface area (Å²) in [5, 5.41) is 0. The molecule has 0 fully saturated rings. The van der Waals surface area contributed by atoms with E-state index in [0.29, 0.717) is 0 Å². The summed E-state index contributed by atoms with van der Waals surface area (Å²) in [5.74, 6) is 1.53. The molecule has 0 aromatic rings. The molecule has 0 spiro atoms. The fourth-order valence-corrected chi connectivity index (χ4v) is 2.50. The summed E-state index contributed by atoms with van der Waals surface area (Å²) in [6.07, 6.45) is 19.1. The number of allylic oxidation sites excluding steroid dienone is 6. The van der Waals surface area contributed by atoms with Crippen LogP contribution in [0.25, 0.3) is 0 Å². The van der Waals surface area contributed by atoms with Gasteiger partial charge in [-0.25, -0.2) is 0 Å². The van der Waals surface area contributed by atoms with Crippen LogP contribution < -0.4 is 0 Å². The van der Waals surface area contributed by atoms with Crippen molar-refractivity contribution >= 4 is 0 Å². The van der Waals surface area contributed by atoms with E-state index in [1.807, 2.05) is 18.2 Å². The van der Waals surface area contributed by atoms with Crippen LogP contribution >= 0.6 is 0 Å². The topological polar surface area (TPSA) is 0 Å². The minimum Gasteiger partial charge on any atom is -0.103 e. The summed E-state index contributed by atoms with van der Waals surface area (Å²) in [6.45, 7) is 19.6. The van der Waals surface area contributed by atoms with Gasteiger partial charge in [0.05, 0.1) is 25.7 Å². The van der Waals surface area contributed by atoms with E-state index in [1.54, 1.807) is 0 Å². The SMILES string of the molecule is C=CCC(=CCC(=C)CCC[CH2+])CCC[C+](CC=C)CC=C. The minimum absolute atomic E-state index is 0.987. The second-order valence-electron chi connectivity index (χ2n) is 5.86. The molecule has 0 aromatic heterocycles. The summed E-state index contributed by atoms with van der Waals surface area (Å²) < 4.78 is 0. The number of unbranched alkanes of at least 4 members (excludes halogenated alkanes) is 1. The lowest BCUT2D eigenvalue weighted by molar-refractivity contribution is 0.687. The van der Waals surface area contributed by atoms with Crippen LogP contribution in [0.1, 0.15) is 64.2 Å². The molecule has 0 N–H and O–H groups in total. The lowest BCUT2D eigenvalue weighted by atomic mass is 9.92. The Balaban J connectivity index is 4.26. The Bertz CT molecular complexity index is 346. The molecule has 0 heterocycles. The van der Waals surface area contributed by atoms with Gasteiger partial charge < -0.3 is 0 Å². The van der Waals surface area contributed by atoms with Gasteiger partial charge >= 0.3 is 0 Å². The fraction of sp³-hybridized carbons (Fsp3) is 0.455. The van der Waals surface area contributed by atoms with Crippen molar-refractivity contribution in [1.29, 1.82) is 0 Å². The Hall–Kier alpha value is -1.56. The molecule has 22 heavy (non-hydrogen) atoms. The lowest BCUT2D eigenvalue weighted by Gasteiger charge is -2.07. The maximum Gasteiger partial charge on any atom is 0.108 e. The first kappa shape index (κ1) is 20.4. The third-order valence-corrected chi connectivity index (χ3v) is 3.76. The Morgan fingerprint density at radius 2 is 1.59 bits per heavy atom. The van der Waals surface area contributed by atoms with Gasteiger partial charge in [-0.05, 0) is 50.7 Å². The molecule has 0 aliphatic rings. The monoisotopic (exact) mass is 298 g/mol. The van der Waals surface area contributed by atoms with E-state index < -0.39 is 0 Å². The van der Waals surface area contributed by atoms with Gasteiger partial charge in [-0.2, -0.15) is 0 Å². The first-order valence-electron chi connectivity index (χ1n) is 8.47. The van der Waals surface area contributed by atoms with E-state index in [9.17, 15) is 0 Å². The van der Waals surface area contributed by atoms with E-state index in [1.165, 1.54) is 23.5 Å². The maximum absolute atomic E-state index is 4.16. The van der Waals surface area contributed by atoms with Crippen molar-refractivity contribution in [1.82, 2.24) is 0 Å². The van der Waals surface area contributed by atoms with Crippen LogP contribution in [-0.2, 0) is 0 Å². The van der Waals surface area contributed by atoms with Crippen molar-refractivity contribution in [2.45, 2.75) is 64.2 Å².